The van der Waals surface area contributed by atoms with E-state index in [2.05, 4.69) is 5.32 Å². The van der Waals surface area contributed by atoms with Crippen LogP contribution in [-0.2, 0) is 14.3 Å². The van der Waals surface area contributed by atoms with Crippen LogP contribution in [0.3, 0.4) is 0 Å². The molecule has 1 aromatic rings. The summed E-state index contributed by atoms with van der Waals surface area (Å²) in [4.78, 5) is 24.7. The first kappa shape index (κ1) is 16.8. The molecular weight excluding hydrogens is 345 g/mol. The van der Waals surface area contributed by atoms with Crippen molar-refractivity contribution in [3.63, 3.8) is 0 Å². The van der Waals surface area contributed by atoms with Gasteiger partial charge in [0.1, 0.15) is 5.82 Å². The van der Waals surface area contributed by atoms with E-state index in [1.807, 2.05) is 0 Å². The van der Waals surface area contributed by atoms with Crippen molar-refractivity contribution in [3.05, 3.63) is 29.0 Å². The molecule has 1 aromatic carbocycles. The van der Waals surface area contributed by atoms with E-state index < -0.39 is 11.7 Å². The minimum atomic E-state index is -0.617. The lowest BCUT2D eigenvalue weighted by molar-refractivity contribution is -0.172. The molecule has 0 unspecified atom stereocenters. The number of benzene rings is 1. The summed E-state index contributed by atoms with van der Waals surface area (Å²) in [5.74, 6) is 0.494. The summed E-state index contributed by atoms with van der Waals surface area (Å²) in [6.07, 6.45) is 6.40. The monoisotopic (exact) mass is 365 g/mol. The first-order chi connectivity index (χ1) is 11.9. The van der Waals surface area contributed by atoms with Gasteiger partial charge in [0.2, 0.25) is 0 Å². The summed E-state index contributed by atoms with van der Waals surface area (Å²) in [6, 6.07) is 4.00. The largest absolute Gasteiger partial charge is 0.455 e. The van der Waals surface area contributed by atoms with Crippen molar-refractivity contribution < 1.29 is 18.7 Å². The second-order valence-electron chi connectivity index (χ2n) is 7.95. The van der Waals surface area contributed by atoms with Gasteiger partial charge in [0, 0.05) is 5.02 Å². The lowest BCUT2D eigenvalue weighted by Crippen LogP contribution is -2.50. The van der Waals surface area contributed by atoms with Gasteiger partial charge in [-0.25, -0.2) is 4.39 Å². The number of anilines is 1. The van der Waals surface area contributed by atoms with Gasteiger partial charge in [0.25, 0.3) is 5.91 Å². The van der Waals surface area contributed by atoms with Crippen molar-refractivity contribution in [1.29, 1.82) is 0 Å². The maximum absolute atomic E-state index is 13.7. The minimum absolute atomic E-state index is 0.0280. The topological polar surface area (TPSA) is 55.4 Å². The van der Waals surface area contributed by atoms with Gasteiger partial charge in [-0.2, -0.15) is 0 Å². The Kier molecular flexibility index (Phi) is 4.22. The van der Waals surface area contributed by atoms with Gasteiger partial charge < -0.3 is 10.1 Å². The fraction of sp³-hybridized carbons (Fsp3) is 0.579. The Hall–Kier alpha value is -1.62. The molecule has 0 aliphatic heterocycles. The molecule has 0 atom stereocenters. The molecule has 0 radical (unpaired) electrons. The predicted octanol–water partition coefficient (Wildman–Crippen LogP) is 4.18. The molecular formula is C19H21ClFNO3. The van der Waals surface area contributed by atoms with E-state index in [0.29, 0.717) is 17.8 Å². The number of ether oxygens (including phenoxy) is 1. The number of halogens is 2. The molecule has 4 aliphatic rings. The van der Waals surface area contributed by atoms with Crippen LogP contribution in [0.1, 0.15) is 38.5 Å². The molecule has 4 bridgehead atoms. The SMILES string of the molecule is O=C(COC(=O)C12CC3CC(CC(C3)C1)C2)Nc1ccc(Cl)cc1F. The Bertz CT molecular complexity index is 685. The fourth-order valence-corrected chi connectivity index (χ4v) is 5.58. The molecule has 0 spiro atoms. The number of carbonyl (C=O) groups excluding carboxylic acids is 2. The molecule has 0 aromatic heterocycles. The Morgan fingerprint density at radius 1 is 1.16 bits per heavy atom. The number of hydrogen-bond acceptors (Lipinski definition) is 3. The zero-order valence-electron chi connectivity index (χ0n) is 13.9. The molecule has 0 heterocycles. The number of hydrogen-bond donors (Lipinski definition) is 1. The number of carbonyl (C=O) groups is 2. The van der Waals surface area contributed by atoms with Crippen LogP contribution < -0.4 is 5.32 Å². The van der Waals surface area contributed by atoms with Crippen LogP contribution in [0, 0.1) is 29.0 Å². The van der Waals surface area contributed by atoms with E-state index in [1.54, 1.807) is 0 Å². The van der Waals surface area contributed by atoms with E-state index in [4.69, 9.17) is 16.3 Å². The summed E-state index contributed by atoms with van der Waals surface area (Å²) in [6.45, 7) is -0.386. The third-order valence-corrected chi connectivity index (χ3v) is 6.25. The van der Waals surface area contributed by atoms with E-state index in [1.165, 1.54) is 31.4 Å². The summed E-state index contributed by atoms with van der Waals surface area (Å²) in [5, 5.41) is 2.67. The maximum Gasteiger partial charge on any atom is 0.312 e. The second-order valence-corrected chi connectivity index (χ2v) is 8.38. The molecule has 1 N–H and O–H groups in total. The fourth-order valence-electron chi connectivity index (χ4n) is 5.42. The average molecular weight is 366 g/mol. The summed E-state index contributed by atoms with van der Waals surface area (Å²) in [7, 11) is 0. The Morgan fingerprint density at radius 2 is 1.76 bits per heavy atom. The molecule has 25 heavy (non-hydrogen) atoms. The molecule has 0 saturated heterocycles. The van der Waals surface area contributed by atoms with Crippen molar-refractivity contribution in [2.24, 2.45) is 23.2 Å². The van der Waals surface area contributed by atoms with Crippen LogP contribution in [0.2, 0.25) is 5.02 Å². The lowest BCUT2D eigenvalue weighted by atomic mass is 9.49. The van der Waals surface area contributed by atoms with Crippen LogP contribution in [0.15, 0.2) is 18.2 Å². The molecule has 5 rings (SSSR count). The Labute approximate surface area is 151 Å². The molecule has 4 nitrogen and oxygen atoms in total. The number of esters is 1. The molecule has 4 aliphatic carbocycles. The highest BCUT2D eigenvalue weighted by atomic mass is 35.5. The highest BCUT2D eigenvalue weighted by Gasteiger charge is 2.55. The van der Waals surface area contributed by atoms with Gasteiger partial charge >= 0.3 is 5.97 Å². The number of nitrogens with one attached hydrogen (secondary N) is 1. The van der Waals surface area contributed by atoms with E-state index in [0.717, 1.165) is 25.3 Å². The second kappa shape index (κ2) is 6.27. The van der Waals surface area contributed by atoms with Gasteiger partial charge in [-0.3, -0.25) is 9.59 Å². The van der Waals surface area contributed by atoms with E-state index in [9.17, 15) is 14.0 Å². The molecule has 6 heteroatoms. The molecule has 134 valence electrons. The van der Waals surface area contributed by atoms with Crippen molar-refractivity contribution in [3.8, 4) is 0 Å². The summed E-state index contributed by atoms with van der Waals surface area (Å²) in [5.41, 5.74) is -0.360. The lowest BCUT2D eigenvalue weighted by Gasteiger charge is -2.55. The standard InChI is InChI=1S/C19H21ClFNO3/c20-14-1-2-16(15(21)6-14)22-17(23)10-25-18(24)19-7-11-3-12(8-19)5-13(4-11)9-19/h1-2,6,11-13H,3-5,7-10H2,(H,22,23). The minimum Gasteiger partial charge on any atom is -0.455 e. The van der Waals surface area contributed by atoms with Crippen molar-refractivity contribution in [2.45, 2.75) is 38.5 Å². The first-order valence-corrected chi connectivity index (χ1v) is 9.23. The average Bonchev–Trinajstić information content (AvgIpc) is 2.54. The van der Waals surface area contributed by atoms with Gasteiger partial charge in [0.05, 0.1) is 11.1 Å². The molecule has 4 saturated carbocycles. The summed E-state index contributed by atoms with van der Waals surface area (Å²) < 4.78 is 19.0. The quantitative estimate of drug-likeness (QED) is 0.814. The normalized spacial score (nSPS) is 32.5. The van der Waals surface area contributed by atoms with E-state index >= 15 is 0 Å². The van der Waals surface area contributed by atoms with Crippen LogP contribution in [-0.4, -0.2) is 18.5 Å². The highest BCUT2D eigenvalue weighted by molar-refractivity contribution is 6.30. The third kappa shape index (κ3) is 3.26. The molecule has 4 fully saturated rings. The van der Waals surface area contributed by atoms with Crippen LogP contribution in [0.5, 0.6) is 0 Å². The van der Waals surface area contributed by atoms with Gasteiger partial charge in [-0.1, -0.05) is 11.6 Å². The van der Waals surface area contributed by atoms with Crippen LogP contribution in [0.4, 0.5) is 10.1 Å². The predicted molar refractivity (Wildman–Crippen MR) is 91.6 cm³/mol. The van der Waals surface area contributed by atoms with E-state index in [-0.39, 0.29) is 28.7 Å². The van der Waals surface area contributed by atoms with Crippen molar-refractivity contribution >= 4 is 29.2 Å². The van der Waals surface area contributed by atoms with Gasteiger partial charge in [-0.15, -0.1) is 0 Å². The Morgan fingerprint density at radius 3 is 2.32 bits per heavy atom. The van der Waals surface area contributed by atoms with Crippen molar-refractivity contribution in [1.82, 2.24) is 0 Å². The molecule has 1 amide bonds. The van der Waals surface area contributed by atoms with Gasteiger partial charge in [-0.05, 0) is 74.5 Å². The zero-order chi connectivity index (χ0) is 17.6. The number of rotatable bonds is 4. The zero-order valence-corrected chi connectivity index (χ0v) is 14.7. The maximum atomic E-state index is 13.7. The highest BCUT2D eigenvalue weighted by Crippen LogP contribution is 2.60. The van der Waals surface area contributed by atoms with Gasteiger partial charge in [0.15, 0.2) is 6.61 Å². The summed E-state index contributed by atoms with van der Waals surface area (Å²) >= 11 is 5.68. The van der Waals surface area contributed by atoms with Crippen LogP contribution >= 0.6 is 11.6 Å². The first-order valence-electron chi connectivity index (χ1n) is 8.86. The Balaban J connectivity index is 1.35. The number of amides is 1. The smallest absolute Gasteiger partial charge is 0.312 e. The van der Waals surface area contributed by atoms with Crippen LogP contribution in [0.25, 0.3) is 0 Å². The third-order valence-electron chi connectivity index (χ3n) is 6.01. The van der Waals surface area contributed by atoms with Crippen molar-refractivity contribution in [2.75, 3.05) is 11.9 Å².